The number of non-ortho nitro benzene ring substituents is 1. The minimum Gasteiger partial charge on any atom is -0.313 e. The Labute approximate surface area is 106 Å². The van der Waals surface area contributed by atoms with E-state index in [1.807, 2.05) is 13.8 Å². The van der Waals surface area contributed by atoms with Crippen LogP contribution in [0.1, 0.15) is 25.8 Å². The number of hydrogen-bond donors (Lipinski definition) is 1. The Balaban J connectivity index is 3.03. The van der Waals surface area contributed by atoms with Gasteiger partial charge in [-0.25, -0.2) is 4.39 Å². The summed E-state index contributed by atoms with van der Waals surface area (Å²) in [5, 5.41) is 13.8. The van der Waals surface area contributed by atoms with Crippen LogP contribution >= 0.6 is 0 Å². The van der Waals surface area contributed by atoms with E-state index in [0.29, 0.717) is 6.54 Å². The summed E-state index contributed by atoms with van der Waals surface area (Å²) in [6.07, 6.45) is 2.44. The predicted octanol–water partition coefficient (Wildman–Crippen LogP) is 3.14. The van der Waals surface area contributed by atoms with Gasteiger partial charge in [0.15, 0.2) is 0 Å². The van der Waals surface area contributed by atoms with Crippen molar-refractivity contribution in [3.05, 3.63) is 45.3 Å². The first-order chi connectivity index (χ1) is 8.58. The molecule has 0 heterocycles. The predicted molar refractivity (Wildman–Crippen MR) is 69.9 cm³/mol. The molecule has 98 valence electrons. The van der Waals surface area contributed by atoms with Crippen molar-refractivity contribution in [2.45, 2.75) is 20.3 Å². The molecule has 0 unspecified atom stereocenters. The molecule has 1 N–H and O–H groups in total. The maximum absolute atomic E-state index is 13.6. The van der Waals surface area contributed by atoms with Gasteiger partial charge in [0.1, 0.15) is 5.82 Å². The van der Waals surface area contributed by atoms with E-state index >= 15 is 0 Å². The number of nitrogens with zero attached hydrogens (tertiary/aromatic N) is 1. The molecule has 4 nitrogen and oxygen atoms in total. The summed E-state index contributed by atoms with van der Waals surface area (Å²) >= 11 is 0. The molecule has 0 aromatic heterocycles. The summed E-state index contributed by atoms with van der Waals surface area (Å²) < 4.78 is 13.6. The van der Waals surface area contributed by atoms with E-state index in [1.165, 1.54) is 12.1 Å². The van der Waals surface area contributed by atoms with Gasteiger partial charge in [-0.05, 0) is 19.0 Å². The molecule has 0 spiro atoms. The maximum Gasteiger partial charge on any atom is 0.270 e. The highest BCUT2D eigenvalue weighted by Crippen LogP contribution is 2.19. The molecule has 0 fully saturated rings. The first-order valence-corrected chi connectivity index (χ1v) is 5.92. The molecule has 0 aliphatic rings. The average Bonchev–Trinajstić information content (AvgIpc) is 2.36. The second-order valence-electron chi connectivity index (χ2n) is 3.90. The maximum atomic E-state index is 13.6. The number of rotatable bonds is 6. The fraction of sp³-hybridized carbons (Fsp3) is 0.385. The molecule has 0 atom stereocenters. The van der Waals surface area contributed by atoms with Gasteiger partial charge in [-0.15, -0.1) is 0 Å². The molecule has 0 amide bonds. The van der Waals surface area contributed by atoms with E-state index in [9.17, 15) is 14.5 Å². The summed E-state index contributed by atoms with van der Waals surface area (Å²) in [4.78, 5) is 10.1. The van der Waals surface area contributed by atoms with Crippen LogP contribution in [0.2, 0.25) is 0 Å². The number of benzene rings is 1. The Bertz CT molecular complexity index is 458. The number of halogens is 1. The number of likely N-dealkylation sites (N-methyl/N-ethyl adjacent to an activating group) is 1. The molecule has 0 saturated carbocycles. The van der Waals surface area contributed by atoms with Crippen LogP contribution in [0.25, 0.3) is 6.08 Å². The van der Waals surface area contributed by atoms with E-state index in [-0.39, 0.29) is 11.3 Å². The molecular formula is C13H17FN2O2. The second kappa shape index (κ2) is 6.86. The van der Waals surface area contributed by atoms with Crippen LogP contribution in [0.3, 0.4) is 0 Å². The standard InChI is InChI=1S/C13H17FN2O2/c1-3-10(9-15-4-2)7-11-8-12(16(17)18)5-6-13(11)14/h5-8,15H,3-4,9H2,1-2H3/b10-7+. The quantitative estimate of drug-likeness (QED) is 0.625. The highest BCUT2D eigenvalue weighted by molar-refractivity contribution is 5.57. The molecule has 0 saturated heterocycles. The van der Waals surface area contributed by atoms with Crippen LogP contribution in [-0.2, 0) is 0 Å². The normalized spacial score (nSPS) is 11.6. The third kappa shape index (κ3) is 3.92. The van der Waals surface area contributed by atoms with Crippen molar-refractivity contribution in [2.75, 3.05) is 13.1 Å². The molecule has 0 bridgehead atoms. The molecule has 1 aromatic carbocycles. The summed E-state index contributed by atoms with van der Waals surface area (Å²) in [6.45, 7) is 5.45. The molecule has 0 aliphatic carbocycles. The monoisotopic (exact) mass is 252 g/mol. The van der Waals surface area contributed by atoms with Crippen molar-refractivity contribution in [1.29, 1.82) is 0 Å². The number of hydrogen-bond acceptors (Lipinski definition) is 3. The average molecular weight is 252 g/mol. The van der Waals surface area contributed by atoms with E-state index in [4.69, 9.17) is 0 Å². The third-order valence-corrected chi connectivity index (χ3v) is 2.61. The van der Waals surface area contributed by atoms with Crippen LogP contribution in [0, 0.1) is 15.9 Å². The topological polar surface area (TPSA) is 55.2 Å². The van der Waals surface area contributed by atoms with E-state index in [2.05, 4.69) is 5.32 Å². The first-order valence-electron chi connectivity index (χ1n) is 5.92. The first kappa shape index (κ1) is 14.3. The lowest BCUT2D eigenvalue weighted by Gasteiger charge is -2.06. The highest BCUT2D eigenvalue weighted by atomic mass is 19.1. The smallest absolute Gasteiger partial charge is 0.270 e. The lowest BCUT2D eigenvalue weighted by molar-refractivity contribution is -0.384. The Hall–Kier alpha value is -1.75. The number of nitrogens with one attached hydrogen (secondary N) is 1. The van der Waals surface area contributed by atoms with Crippen molar-refractivity contribution in [3.8, 4) is 0 Å². The van der Waals surface area contributed by atoms with Gasteiger partial charge in [0.25, 0.3) is 5.69 Å². The molecular weight excluding hydrogens is 235 g/mol. The molecule has 18 heavy (non-hydrogen) atoms. The van der Waals surface area contributed by atoms with E-state index < -0.39 is 10.7 Å². The minimum atomic E-state index is -0.521. The third-order valence-electron chi connectivity index (χ3n) is 2.61. The van der Waals surface area contributed by atoms with Crippen LogP contribution in [-0.4, -0.2) is 18.0 Å². The Morgan fingerprint density at radius 3 is 2.78 bits per heavy atom. The summed E-state index contributed by atoms with van der Waals surface area (Å²) in [6, 6.07) is 3.56. The lowest BCUT2D eigenvalue weighted by atomic mass is 10.1. The number of nitro benzene ring substituents is 1. The van der Waals surface area contributed by atoms with Crippen LogP contribution < -0.4 is 5.32 Å². The Morgan fingerprint density at radius 2 is 2.22 bits per heavy atom. The largest absolute Gasteiger partial charge is 0.313 e. The second-order valence-corrected chi connectivity index (χ2v) is 3.90. The molecule has 1 rings (SSSR count). The van der Waals surface area contributed by atoms with Crippen LogP contribution in [0.15, 0.2) is 23.8 Å². The van der Waals surface area contributed by atoms with Crippen molar-refractivity contribution < 1.29 is 9.31 Å². The van der Waals surface area contributed by atoms with Crippen molar-refractivity contribution in [3.63, 3.8) is 0 Å². The summed E-state index contributed by atoms with van der Waals surface area (Å²) in [5.41, 5.74) is 1.18. The van der Waals surface area contributed by atoms with Gasteiger partial charge in [-0.1, -0.05) is 25.5 Å². The molecule has 5 heteroatoms. The van der Waals surface area contributed by atoms with E-state index in [0.717, 1.165) is 24.6 Å². The zero-order chi connectivity index (χ0) is 13.5. The lowest BCUT2D eigenvalue weighted by Crippen LogP contribution is -2.15. The van der Waals surface area contributed by atoms with Gasteiger partial charge < -0.3 is 5.32 Å². The van der Waals surface area contributed by atoms with Crippen LogP contribution in [0.5, 0.6) is 0 Å². The Morgan fingerprint density at radius 1 is 1.50 bits per heavy atom. The highest BCUT2D eigenvalue weighted by Gasteiger charge is 2.09. The van der Waals surface area contributed by atoms with Gasteiger partial charge in [-0.3, -0.25) is 10.1 Å². The summed E-state index contributed by atoms with van der Waals surface area (Å²) in [5.74, 6) is -0.442. The Kier molecular flexibility index (Phi) is 5.45. The van der Waals surface area contributed by atoms with Gasteiger partial charge in [0.05, 0.1) is 4.92 Å². The zero-order valence-electron chi connectivity index (χ0n) is 10.6. The molecule has 1 aromatic rings. The summed E-state index contributed by atoms with van der Waals surface area (Å²) in [7, 11) is 0. The van der Waals surface area contributed by atoms with Gasteiger partial charge >= 0.3 is 0 Å². The molecule has 0 aliphatic heterocycles. The SMILES string of the molecule is CCNC/C(=C/c1cc([N+](=O)[O-])ccc1F)CC. The fourth-order valence-electron chi connectivity index (χ4n) is 1.54. The van der Waals surface area contributed by atoms with Crippen molar-refractivity contribution >= 4 is 11.8 Å². The van der Waals surface area contributed by atoms with Gasteiger partial charge in [0.2, 0.25) is 0 Å². The van der Waals surface area contributed by atoms with Gasteiger partial charge in [-0.2, -0.15) is 0 Å². The van der Waals surface area contributed by atoms with E-state index in [1.54, 1.807) is 6.08 Å². The van der Waals surface area contributed by atoms with Crippen LogP contribution in [0.4, 0.5) is 10.1 Å². The minimum absolute atomic E-state index is 0.0958. The van der Waals surface area contributed by atoms with Gasteiger partial charge in [0, 0.05) is 24.2 Å². The van der Waals surface area contributed by atoms with Crippen molar-refractivity contribution in [2.24, 2.45) is 0 Å². The molecule has 0 radical (unpaired) electrons. The number of nitro groups is 1. The van der Waals surface area contributed by atoms with Crippen molar-refractivity contribution in [1.82, 2.24) is 5.32 Å². The zero-order valence-corrected chi connectivity index (χ0v) is 10.6. The fourth-order valence-corrected chi connectivity index (χ4v) is 1.54.